The minimum Gasteiger partial charge on any atom is -0.383 e. The van der Waals surface area contributed by atoms with Crippen LogP contribution < -0.4 is 15.4 Å². The largest absolute Gasteiger partial charge is 0.383 e. The van der Waals surface area contributed by atoms with Crippen molar-refractivity contribution in [3.05, 3.63) is 65.7 Å². The highest BCUT2D eigenvalue weighted by Crippen LogP contribution is 2.12. The van der Waals surface area contributed by atoms with Crippen LogP contribution >= 0.6 is 12.4 Å². The number of rotatable bonds is 11. The van der Waals surface area contributed by atoms with Crippen molar-refractivity contribution < 1.29 is 17.9 Å². The van der Waals surface area contributed by atoms with Crippen LogP contribution in [0.3, 0.4) is 0 Å². The van der Waals surface area contributed by atoms with Gasteiger partial charge in [0.05, 0.1) is 11.5 Å². The molecule has 2 rings (SSSR count). The molecule has 9 heteroatoms. The van der Waals surface area contributed by atoms with Crippen LogP contribution in [-0.2, 0) is 21.3 Å². The lowest BCUT2D eigenvalue weighted by Crippen LogP contribution is -2.33. The Balaban J connectivity index is 0.00000392. The standard InChI is InChI=1S/C19H25N3O4S.ClH/c1-26-13-12-20-10-11-21-19(23)17-8-5-9-18(14-17)27(24,25)22-15-16-6-3-2-4-7-16;/h2-9,14,20,22H,10-13,15H2,1H3,(H,21,23);1H. The summed E-state index contributed by atoms with van der Waals surface area (Å²) in [5, 5.41) is 5.87. The number of carbonyl (C=O) groups excluding carboxylic acids is 1. The SMILES string of the molecule is COCCNCCNC(=O)c1cccc(S(=O)(=O)NCc2ccccc2)c1.Cl. The van der Waals surface area contributed by atoms with Gasteiger partial charge in [-0.1, -0.05) is 36.4 Å². The molecule has 0 saturated heterocycles. The molecule has 0 spiro atoms. The van der Waals surface area contributed by atoms with E-state index in [1.54, 1.807) is 19.2 Å². The summed E-state index contributed by atoms with van der Waals surface area (Å²) in [6.45, 7) is 2.53. The fourth-order valence-electron chi connectivity index (χ4n) is 2.33. The van der Waals surface area contributed by atoms with Gasteiger partial charge in [0.1, 0.15) is 0 Å². The van der Waals surface area contributed by atoms with Crippen molar-refractivity contribution in [1.82, 2.24) is 15.4 Å². The summed E-state index contributed by atoms with van der Waals surface area (Å²) in [6.07, 6.45) is 0. The van der Waals surface area contributed by atoms with Crippen molar-refractivity contribution in [2.75, 3.05) is 33.4 Å². The first-order valence-electron chi connectivity index (χ1n) is 8.64. The maximum Gasteiger partial charge on any atom is 0.251 e. The molecule has 0 aliphatic carbocycles. The van der Waals surface area contributed by atoms with Gasteiger partial charge in [-0.15, -0.1) is 12.4 Å². The molecule has 0 aromatic heterocycles. The summed E-state index contributed by atoms with van der Waals surface area (Å²) in [5.74, 6) is -0.316. The van der Waals surface area contributed by atoms with Gasteiger partial charge in [-0.25, -0.2) is 13.1 Å². The maximum atomic E-state index is 12.5. The number of methoxy groups -OCH3 is 1. The van der Waals surface area contributed by atoms with E-state index in [9.17, 15) is 13.2 Å². The van der Waals surface area contributed by atoms with Crippen LogP contribution in [0.4, 0.5) is 0 Å². The Kier molecular flexibility index (Phi) is 10.7. The zero-order valence-corrected chi connectivity index (χ0v) is 17.3. The van der Waals surface area contributed by atoms with Crippen molar-refractivity contribution in [2.45, 2.75) is 11.4 Å². The summed E-state index contributed by atoms with van der Waals surface area (Å²) in [7, 11) is -2.08. The molecule has 0 unspecified atom stereocenters. The molecule has 1 amide bonds. The molecule has 0 aliphatic rings. The molecular weight excluding hydrogens is 402 g/mol. The Morgan fingerprint density at radius 2 is 1.75 bits per heavy atom. The van der Waals surface area contributed by atoms with Gasteiger partial charge in [-0.2, -0.15) is 0 Å². The molecule has 0 radical (unpaired) electrons. The van der Waals surface area contributed by atoms with Crippen LogP contribution in [0.25, 0.3) is 0 Å². The first kappa shape index (κ1) is 24.1. The van der Waals surface area contributed by atoms with Crippen molar-refractivity contribution in [2.24, 2.45) is 0 Å². The highest BCUT2D eigenvalue weighted by Gasteiger charge is 2.16. The van der Waals surface area contributed by atoms with Crippen LogP contribution in [0.15, 0.2) is 59.5 Å². The molecule has 0 aliphatic heterocycles. The Bertz CT molecular complexity index is 832. The summed E-state index contributed by atoms with van der Waals surface area (Å²) >= 11 is 0. The van der Waals surface area contributed by atoms with Crippen molar-refractivity contribution in [3.8, 4) is 0 Å². The van der Waals surface area contributed by atoms with Crippen molar-refractivity contribution >= 4 is 28.3 Å². The van der Waals surface area contributed by atoms with Crippen molar-refractivity contribution in [3.63, 3.8) is 0 Å². The number of halogens is 1. The predicted molar refractivity (Wildman–Crippen MR) is 111 cm³/mol. The summed E-state index contributed by atoms with van der Waals surface area (Å²) < 4.78 is 32.4. The second-order valence-electron chi connectivity index (χ2n) is 5.84. The fourth-order valence-corrected chi connectivity index (χ4v) is 3.39. The van der Waals surface area contributed by atoms with Gasteiger partial charge in [-0.05, 0) is 23.8 Å². The van der Waals surface area contributed by atoms with Crippen LogP contribution in [0.1, 0.15) is 15.9 Å². The monoisotopic (exact) mass is 427 g/mol. The van der Waals surface area contributed by atoms with Crippen LogP contribution in [0.5, 0.6) is 0 Å². The number of amides is 1. The summed E-state index contributed by atoms with van der Waals surface area (Å²) in [6, 6.07) is 15.2. The first-order chi connectivity index (χ1) is 13.0. The second-order valence-corrected chi connectivity index (χ2v) is 7.60. The lowest BCUT2D eigenvalue weighted by Gasteiger charge is -2.09. The lowest BCUT2D eigenvalue weighted by molar-refractivity contribution is 0.0953. The van der Waals surface area contributed by atoms with E-state index in [0.29, 0.717) is 31.8 Å². The average Bonchev–Trinajstić information content (AvgIpc) is 2.70. The van der Waals surface area contributed by atoms with Crippen molar-refractivity contribution in [1.29, 1.82) is 0 Å². The minimum absolute atomic E-state index is 0. The third-order valence-electron chi connectivity index (χ3n) is 3.79. The van der Waals surface area contributed by atoms with E-state index < -0.39 is 10.0 Å². The van der Waals surface area contributed by atoms with Crippen LogP contribution in [0.2, 0.25) is 0 Å². The van der Waals surface area contributed by atoms with E-state index in [-0.39, 0.29) is 29.8 Å². The quantitative estimate of drug-likeness (QED) is 0.473. The van der Waals surface area contributed by atoms with Gasteiger partial charge >= 0.3 is 0 Å². The van der Waals surface area contributed by atoms with Gasteiger partial charge in [0, 0.05) is 38.9 Å². The van der Waals surface area contributed by atoms with E-state index in [0.717, 1.165) is 5.56 Å². The molecule has 154 valence electrons. The fraction of sp³-hybridized carbons (Fsp3) is 0.316. The number of hydrogen-bond acceptors (Lipinski definition) is 5. The molecular formula is C19H26ClN3O4S. The Labute approximate surface area is 172 Å². The number of carbonyl (C=O) groups is 1. The van der Waals surface area contributed by atoms with E-state index in [1.807, 2.05) is 30.3 Å². The van der Waals surface area contributed by atoms with Gasteiger partial charge in [0.15, 0.2) is 0 Å². The topological polar surface area (TPSA) is 96.5 Å². The Hall–Kier alpha value is -1.97. The lowest BCUT2D eigenvalue weighted by atomic mass is 10.2. The zero-order chi connectivity index (χ0) is 19.5. The molecule has 7 nitrogen and oxygen atoms in total. The number of nitrogens with one attached hydrogen (secondary N) is 3. The number of benzene rings is 2. The molecule has 0 bridgehead atoms. The molecule has 2 aromatic carbocycles. The highest BCUT2D eigenvalue weighted by molar-refractivity contribution is 7.89. The van der Waals surface area contributed by atoms with Gasteiger partial charge in [0.2, 0.25) is 10.0 Å². The molecule has 0 saturated carbocycles. The van der Waals surface area contributed by atoms with E-state index in [1.165, 1.54) is 12.1 Å². The summed E-state index contributed by atoms with van der Waals surface area (Å²) in [4.78, 5) is 12.3. The van der Waals surface area contributed by atoms with E-state index >= 15 is 0 Å². The van der Waals surface area contributed by atoms with E-state index in [2.05, 4.69) is 15.4 Å². The molecule has 2 aromatic rings. The third-order valence-corrected chi connectivity index (χ3v) is 5.18. The number of ether oxygens (including phenoxy) is 1. The Morgan fingerprint density at radius 3 is 2.46 bits per heavy atom. The summed E-state index contributed by atoms with van der Waals surface area (Å²) in [5.41, 5.74) is 1.16. The van der Waals surface area contributed by atoms with Crippen LogP contribution in [0, 0.1) is 0 Å². The molecule has 0 fully saturated rings. The normalized spacial score (nSPS) is 10.9. The molecule has 0 heterocycles. The highest BCUT2D eigenvalue weighted by atomic mass is 35.5. The first-order valence-corrected chi connectivity index (χ1v) is 10.1. The van der Waals surface area contributed by atoms with Gasteiger partial charge in [0.25, 0.3) is 5.91 Å². The minimum atomic E-state index is -3.71. The Morgan fingerprint density at radius 1 is 1.00 bits per heavy atom. The number of hydrogen-bond donors (Lipinski definition) is 3. The molecule has 3 N–H and O–H groups in total. The van der Waals surface area contributed by atoms with Gasteiger partial charge in [-0.3, -0.25) is 4.79 Å². The average molecular weight is 428 g/mol. The van der Waals surface area contributed by atoms with Gasteiger partial charge < -0.3 is 15.4 Å². The maximum absolute atomic E-state index is 12.5. The molecule has 0 atom stereocenters. The van der Waals surface area contributed by atoms with Crippen LogP contribution in [-0.4, -0.2) is 47.7 Å². The smallest absolute Gasteiger partial charge is 0.251 e. The zero-order valence-electron chi connectivity index (χ0n) is 15.7. The predicted octanol–water partition coefficient (Wildman–Crippen LogP) is 1.55. The molecule has 28 heavy (non-hydrogen) atoms. The van der Waals surface area contributed by atoms with E-state index in [4.69, 9.17) is 4.74 Å². The number of sulfonamides is 1. The second kappa shape index (κ2) is 12.5. The third kappa shape index (κ3) is 7.95.